The quantitative estimate of drug-likeness (QED) is 0.590. The molecular weight excluding hydrogens is 168 g/mol. The molecule has 0 atom stereocenters. The zero-order chi connectivity index (χ0) is 9.42. The molecule has 2 aromatic heterocycles. The lowest BCUT2D eigenvalue weighted by Gasteiger charge is -1.93. The van der Waals surface area contributed by atoms with Gasteiger partial charge in [0.05, 0.1) is 5.39 Å². The molecule has 0 bridgehead atoms. The molecular formula is C8H10N4O. The summed E-state index contributed by atoms with van der Waals surface area (Å²) in [5.41, 5.74) is 6.72. The van der Waals surface area contributed by atoms with Gasteiger partial charge in [0.25, 0.3) is 5.56 Å². The third-order valence-electron chi connectivity index (χ3n) is 2.03. The highest BCUT2D eigenvalue weighted by Crippen LogP contribution is 2.12. The second-order valence-corrected chi connectivity index (χ2v) is 2.84. The molecule has 5 nitrogen and oxygen atoms in total. The first-order valence-electron chi connectivity index (χ1n) is 4.08. The van der Waals surface area contributed by atoms with Crippen LogP contribution in [-0.4, -0.2) is 15.0 Å². The van der Waals surface area contributed by atoms with Gasteiger partial charge in [-0.1, -0.05) is 6.92 Å². The monoisotopic (exact) mass is 178 g/mol. The van der Waals surface area contributed by atoms with Gasteiger partial charge in [-0.05, 0) is 12.0 Å². The van der Waals surface area contributed by atoms with Gasteiger partial charge in [-0.15, -0.1) is 0 Å². The van der Waals surface area contributed by atoms with E-state index in [0.717, 1.165) is 12.0 Å². The number of aromatic amines is 2. The highest BCUT2D eigenvalue weighted by Gasteiger charge is 2.07. The van der Waals surface area contributed by atoms with Crippen molar-refractivity contribution in [3.8, 4) is 0 Å². The molecule has 4 N–H and O–H groups in total. The van der Waals surface area contributed by atoms with Gasteiger partial charge >= 0.3 is 0 Å². The topological polar surface area (TPSA) is 87.6 Å². The maximum absolute atomic E-state index is 11.4. The smallest absolute Gasteiger partial charge is 0.284 e. The van der Waals surface area contributed by atoms with Crippen molar-refractivity contribution in [2.24, 2.45) is 0 Å². The average molecular weight is 178 g/mol. The van der Waals surface area contributed by atoms with Crippen LogP contribution in [-0.2, 0) is 6.42 Å². The van der Waals surface area contributed by atoms with Crippen LogP contribution >= 0.6 is 0 Å². The molecule has 2 aromatic rings. The maximum Gasteiger partial charge on any atom is 0.284 e. The fourth-order valence-corrected chi connectivity index (χ4v) is 1.41. The van der Waals surface area contributed by atoms with Gasteiger partial charge in [0, 0.05) is 6.20 Å². The van der Waals surface area contributed by atoms with Crippen molar-refractivity contribution in [1.29, 1.82) is 0 Å². The van der Waals surface area contributed by atoms with E-state index in [0.29, 0.717) is 11.0 Å². The molecule has 0 aliphatic carbocycles. The van der Waals surface area contributed by atoms with E-state index >= 15 is 0 Å². The first-order chi connectivity index (χ1) is 6.22. The molecule has 0 aromatic carbocycles. The Morgan fingerprint density at radius 3 is 3.08 bits per heavy atom. The number of fused-ring (bicyclic) bond motifs is 1. The molecule has 0 saturated heterocycles. The van der Waals surface area contributed by atoms with Crippen molar-refractivity contribution >= 4 is 17.0 Å². The van der Waals surface area contributed by atoms with Crippen LogP contribution in [0.25, 0.3) is 11.0 Å². The van der Waals surface area contributed by atoms with Gasteiger partial charge in [0.1, 0.15) is 5.65 Å². The highest BCUT2D eigenvalue weighted by molar-refractivity contribution is 5.79. The summed E-state index contributed by atoms with van der Waals surface area (Å²) in [6.45, 7) is 1.98. The Hall–Kier alpha value is -1.78. The van der Waals surface area contributed by atoms with E-state index in [1.807, 2.05) is 6.92 Å². The summed E-state index contributed by atoms with van der Waals surface area (Å²) >= 11 is 0. The van der Waals surface area contributed by atoms with E-state index in [4.69, 9.17) is 5.73 Å². The van der Waals surface area contributed by atoms with Gasteiger partial charge in [0.15, 0.2) is 0 Å². The summed E-state index contributed by atoms with van der Waals surface area (Å²) < 4.78 is 0. The zero-order valence-electron chi connectivity index (χ0n) is 7.22. The Labute approximate surface area is 74.0 Å². The number of aryl methyl sites for hydroxylation is 1. The van der Waals surface area contributed by atoms with Gasteiger partial charge in [-0.2, -0.15) is 4.98 Å². The highest BCUT2D eigenvalue weighted by atomic mass is 16.1. The van der Waals surface area contributed by atoms with Crippen molar-refractivity contribution in [1.82, 2.24) is 15.0 Å². The summed E-state index contributed by atoms with van der Waals surface area (Å²) in [4.78, 5) is 20.8. The molecule has 0 saturated carbocycles. The van der Waals surface area contributed by atoms with Crippen molar-refractivity contribution in [3.63, 3.8) is 0 Å². The van der Waals surface area contributed by atoms with Crippen molar-refractivity contribution in [2.75, 3.05) is 5.73 Å². The zero-order valence-corrected chi connectivity index (χ0v) is 7.22. The van der Waals surface area contributed by atoms with E-state index in [-0.39, 0.29) is 11.5 Å². The first kappa shape index (κ1) is 7.85. The van der Waals surface area contributed by atoms with Crippen LogP contribution in [0, 0.1) is 0 Å². The number of rotatable bonds is 1. The Balaban J connectivity index is 2.90. The number of hydrogen-bond donors (Lipinski definition) is 3. The minimum Gasteiger partial charge on any atom is -0.369 e. The standard InChI is InChI=1S/C8H10N4O/c1-2-4-3-10-6-5(4)7(13)12-8(9)11-6/h3H,2H2,1H3,(H4,9,10,11,12,13). The Bertz CT molecular complexity index is 496. The van der Waals surface area contributed by atoms with E-state index in [2.05, 4.69) is 15.0 Å². The second-order valence-electron chi connectivity index (χ2n) is 2.84. The minimum absolute atomic E-state index is 0.141. The van der Waals surface area contributed by atoms with Crippen molar-refractivity contribution in [2.45, 2.75) is 13.3 Å². The molecule has 0 spiro atoms. The molecule has 0 unspecified atom stereocenters. The number of nitrogens with zero attached hydrogens (tertiary/aromatic N) is 1. The van der Waals surface area contributed by atoms with E-state index in [1.54, 1.807) is 6.20 Å². The van der Waals surface area contributed by atoms with Gasteiger partial charge in [-0.3, -0.25) is 4.79 Å². The molecule has 0 aliphatic heterocycles. The van der Waals surface area contributed by atoms with Crippen LogP contribution in [0.2, 0.25) is 0 Å². The van der Waals surface area contributed by atoms with Crippen LogP contribution in [0.15, 0.2) is 11.0 Å². The lowest BCUT2D eigenvalue weighted by atomic mass is 10.2. The maximum atomic E-state index is 11.4. The van der Waals surface area contributed by atoms with E-state index in [1.165, 1.54) is 0 Å². The summed E-state index contributed by atoms with van der Waals surface area (Å²) in [5, 5.41) is 0.608. The summed E-state index contributed by atoms with van der Waals surface area (Å²) in [6, 6.07) is 0. The summed E-state index contributed by atoms with van der Waals surface area (Å²) in [6.07, 6.45) is 2.60. The number of nitrogen functional groups attached to an aromatic ring is 1. The lowest BCUT2D eigenvalue weighted by Crippen LogP contribution is -2.11. The van der Waals surface area contributed by atoms with Crippen LogP contribution in [0.1, 0.15) is 12.5 Å². The Morgan fingerprint density at radius 1 is 1.62 bits per heavy atom. The SMILES string of the molecule is CCc1c[nH]c2[nH]c(N)nc(=O)c12. The van der Waals surface area contributed by atoms with Crippen LogP contribution < -0.4 is 11.3 Å². The molecule has 0 amide bonds. The third-order valence-corrected chi connectivity index (χ3v) is 2.03. The number of H-pyrrole nitrogens is 2. The number of nitrogens with two attached hydrogens (primary N) is 1. The molecule has 2 rings (SSSR count). The van der Waals surface area contributed by atoms with E-state index < -0.39 is 0 Å². The fraction of sp³-hybridized carbons (Fsp3) is 0.250. The number of hydrogen-bond acceptors (Lipinski definition) is 3. The molecule has 2 heterocycles. The molecule has 5 heteroatoms. The molecule has 0 fully saturated rings. The number of nitrogens with one attached hydrogen (secondary N) is 2. The van der Waals surface area contributed by atoms with Crippen LogP contribution in [0.4, 0.5) is 5.95 Å². The molecule has 68 valence electrons. The largest absolute Gasteiger partial charge is 0.369 e. The first-order valence-corrected chi connectivity index (χ1v) is 4.08. The molecule has 13 heavy (non-hydrogen) atoms. The predicted molar refractivity (Wildman–Crippen MR) is 50.5 cm³/mol. The van der Waals surface area contributed by atoms with Crippen molar-refractivity contribution < 1.29 is 0 Å². The van der Waals surface area contributed by atoms with Crippen molar-refractivity contribution in [3.05, 3.63) is 22.1 Å². The molecule has 0 aliphatic rings. The van der Waals surface area contributed by atoms with Gasteiger partial charge in [0.2, 0.25) is 5.95 Å². The summed E-state index contributed by atoms with van der Waals surface area (Å²) in [7, 11) is 0. The number of aromatic nitrogens is 3. The summed E-state index contributed by atoms with van der Waals surface area (Å²) in [5.74, 6) is 0.141. The minimum atomic E-state index is -0.274. The average Bonchev–Trinajstić information content (AvgIpc) is 2.47. The lowest BCUT2D eigenvalue weighted by molar-refractivity contribution is 1.14. The Kier molecular flexibility index (Phi) is 1.58. The van der Waals surface area contributed by atoms with Gasteiger partial charge in [-0.25, -0.2) is 0 Å². The second kappa shape index (κ2) is 2.62. The fourth-order valence-electron chi connectivity index (χ4n) is 1.41. The van der Waals surface area contributed by atoms with Gasteiger partial charge < -0.3 is 15.7 Å². The van der Waals surface area contributed by atoms with Crippen LogP contribution in [0.5, 0.6) is 0 Å². The molecule has 0 radical (unpaired) electrons. The number of anilines is 1. The van der Waals surface area contributed by atoms with Crippen LogP contribution in [0.3, 0.4) is 0 Å². The third kappa shape index (κ3) is 1.09. The Morgan fingerprint density at radius 2 is 2.38 bits per heavy atom. The van der Waals surface area contributed by atoms with E-state index in [9.17, 15) is 4.79 Å². The normalized spacial score (nSPS) is 10.8. The predicted octanol–water partition coefficient (Wildman–Crippen LogP) is 0.396.